The molecule has 0 rings (SSSR count). The van der Waals surface area contributed by atoms with Gasteiger partial charge in [-0.05, 0) is 39.7 Å². The van der Waals surface area contributed by atoms with Gasteiger partial charge < -0.3 is 10.5 Å². The maximum atomic E-state index is 11.0. The molecule has 0 unspecified atom stereocenters. The first-order valence-electron chi connectivity index (χ1n) is 5.34. The molecule has 0 saturated carbocycles. The van der Waals surface area contributed by atoms with Gasteiger partial charge in [-0.15, -0.1) is 0 Å². The monoisotopic (exact) mass is 240 g/mol. The highest BCUT2D eigenvalue weighted by Gasteiger charge is 2.07. The zero-order valence-electron chi connectivity index (χ0n) is 10.8. The largest absolute Gasteiger partial charge is 0.445 e. The number of carbonyl (C=O) groups excluding carboxylic acids is 2. The minimum atomic E-state index is -0.918. The standard InChI is InChI=1S/C12H20N2O3/c1-8(2)5-6-10(9(3)4)7-17-12(16)14-11(13)15/h5H,6-7H2,1-4H3,(H3,13,14,15,16). The summed E-state index contributed by atoms with van der Waals surface area (Å²) in [7, 11) is 0. The molecule has 3 N–H and O–H groups in total. The molecule has 0 aliphatic heterocycles. The van der Waals surface area contributed by atoms with E-state index in [0.29, 0.717) is 0 Å². The van der Waals surface area contributed by atoms with Crippen molar-refractivity contribution in [2.75, 3.05) is 6.61 Å². The van der Waals surface area contributed by atoms with Crippen molar-refractivity contribution in [1.29, 1.82) is 0 Å². The Kier molecular flexibility index (Phi) is 6.70. The number of rotatable bonds is 4. The van der Waals surface area contributed by atoms with E-state index in [1.54, 1.807) is 0 Å². The zero-order chi connectivity index (χ0) is 13.4. The van der Waals surface area contributed by atoms with E-state index in [1.165, 1.54) is 5.57 Å². The Balaban J connectivity index is 4.31. The molecule has 0 bridgehead atoms. The second-order valence-electron chi connectivity index (χ2n) is 4.15. The molecule has 5 heteroatoms. The molecule has 0 saturated heterocycles. The quantitative estimate of drug-likeness (QED) is 0.741. The number of carbonyl (C=O) groups is 2. The van der Waals surface area contributed by atoms with E-state index in [-0.39, 0.29) is 6.61 Å². The first kappa shape index (κ1) is 15.2. The van der Waals surface area contributed by atoms with Crippen molar-refractivity contribution >= 4 is 12.1 Å². The van der Waals surface area contributed by atoms with Gasteiger partial charge in [-0.3, -0.25) is 0 Å². The van der Waals surface area contributed by atoms with Gasteiger partial charge in [-0.1, -0.05) is 17.2 Å². The number of hydrogen-bond donors (Lipinski definition) is 2. The third-order valence-corrected chi connectivity index (χ3v) is 2.07. The molecule has 5 nitrogen and oxygen atoms in total. The molecule has 0 aromatic carbocycles. The number of urea groups is 1. The van der Waals surface area contributed by atoms with Gasteiger partial charge >= 0.3 is 12.1 Å². The minimum absolute atomic E-state index is 0.158. The zero-order valence-corrected chi connectivity index (χ0v) is 10.8. The molecule has 0 radical (unpaired) electrons. The summed E-state index contributed by atoms with van der Waals surface area (Å²) in [5, 5.41) is 1.84. The second kappa shape index (κ2) is 7.49. The topological polar surface area (TPSA) is 81.4 Å². The molecule has 0 spiro atoms. The van der Waals surface area contributed by atoms with Gasteiger partial charge in [0.05, 0.1) is 0 Å². The number of nitrogens with two attached hydrogens (primary N) is 1. The Morgan fingerprint density at radius 3 is 2.24 bits per heavy atom. The molecule has 0 fully saturated rings. The van der Waals surface area contributed by atoms with Crippen LogP contribution in [-0.2, 0) is 4.74 Å². The third kappa shape index (κ3) is 8.07. The van der Waals surface area contributed by atoms with E-state index in [1.807, 2.05) is 33.0 Å². The molecule has 0 aromatic rings. The minimum Gasteiger partial charge on any atom is -0.445 e. The average molecular weight is 240 g/mol. The van der Waals surface area contributed by atoms with Gasteiger partial charge in [0.1, 0.15) is 6.61 Å². The van der Waals surface area contributed by atoms with Crippen molar-refractivity contribution in [3.8, 4) is 0 Å². The van der Waals surface area contributed by atoms with Crippen molar-refractivity contribution in [2.24, 2.45) is 5.73 Å². The lowest BCUT2D eigenvalue weighted by Gasteiger charge is -2.09. The number of hydrogen-bond acceptors (Lipinski definition) is 3. The van der Waals surface area contributed by atoms with E-state index in [9.17, 15) is 9.59 Å². The number of ether oxygens (including phenoxy) is 1. The summed E-state index contributed by atoms with van der Waals surface area (Å²) in [5.74, 6) is 0. The summed E-state index contributed by atoms with van der Waals surface area (Å²) in [6, 6.07) is -0.918. The fourth-order valence-electron chi connectivity index (χ4n) is 1.02. The number of amides is 3. The van der Waals surface area contributed by atoms with Crippen LogP contribution in [0.4, 0.5) is 9.59 Å². The predicted molar refractivity (Wildman–Crippen MR) is 66.5 cm³/mol. The third-order valence-electron chi connectivity index (χ3n) is 2.07. The first-order valence-corrected chi connectivity index (χ1v) is 5.34. The summed E-state index contributed by atoms with van der Waals surface area (Å²) in [6.45, 7) is 8.06. The lowest BCUT2D eigenvalue weighted by molar-refractivity contribution is 0.156. The van der Waals surface area contributed by atoms with Crippen molar-refractivity contribution in [2.45, 2.75) is 34.1 Å². The lowest BCUT2D eigenvalue weighted by Crippen LogP contribution is -2.35. The van der Waals surface area contributed by atoms with Gasteiger partial charge in [0, 0.05) is 0 Å². The maximum absolute atomic E-state index is 11.0. The van der Waals surface area contributed by atoms with Crippen molar-refractivity contribution in [3.05, 3.63) is 22.8 Å². The Morgan fingerprint density at radius 1 is 1.24 bits per heavy atom. The summed E-state index contributed by atoms with van der Waals surface area (Å²) in [5.41, 5.74) is 8.08. The summed E-state index contributed by atoms with van der Waals surface area (Å²) in [6.07, 6.45) is 1.96. The Labute approximate surface area is 102 Å². The van der Waals surface area contributed by atoms with Crippen LogP contribution in [0, 0.1) is 0 Å². The highest BCUT2D eigenvalue weighted by Crippen LogP contribution is 2.11. The van der Waals surface area contributed by atoms with Crippen molar-refractivity contribution < 1.29 is 14.3 Å². The molecule has 0 atom stereocenters. The lowest BCUT2D eigenvalue weighted by atomic mass is 10.1. The first-order chi connectivity index (χ1) is 7.82. The van der Waals surface area contributed by atoms with Gasteiger partial charge in [0.25, 0.3) is 0 Å². The number of allylic oxidation sites excluding steroid dienone is 3. The Bertz CT molecular complexity index is 349. The maximum Gasteiger partial charge on any atom is 0.415 e. The Hall–Kier alpha value is -1.78. The molecular formula is C12H20N2O3. The fourth-order valence-corrected chi connectivity index (χ4v) is 1.02. The SMILES string of the molecule is CC(C)=CCC(COC(=O)NC(N)=O)=C(C)C. The number of nitrogens with one attached hydrogen (secondary N) is 1. The van der Waals surface area contributed by atoms with E-state index < -0.39 is 12.1 Å². The fraction of sp³-hybridized carbons (Fsp3) is 0.500. The predicted octanol–water partition coefficient (Wildman–Crippen LogP) is 2.48. The van der Waals surface area contributed by atoms with Crippen LogP contribution < -0.4 is 11.1 Å². The molecule has 17 heavy (non-hydrogen) atoms. The van der Waals surface area contributed by atoms with E-state index in [2.05, 4.69) is 6.08 Å². The highest BCUT2D eigenvalue weighted by atomic mass is 16.5. The smallest absolute Gasteiger partial charge is 0.415 e. The molecule has 0 aliphatic carbocycles. The number of alkyl carbamates (subject to hydrolysis) is 1. The van der Waals surface area contributed by atoms with Crippen LogP contribution in [0.3, 0.4) is 0 Å². The van der Waals surface area contributed by atoms with Crippen molar-refractivity contribution in [1.82, 2.24) is 5.32 Å². The number of imide groups is 1. The van der Waals surface area contributed by atoms with Gasteiger partial charge in [0.15, 0.2) is 0 Å². The molecule has 0 heterocycles. The van der Waals surface area contributed by atoms with Crippen LogP contribution >= 0.6 is 0 Å². The van der Waals surface area contributed by atoms with E-state index >= 15 is 0 Å². The van der Waals surface area contributed by atoms with Crippen LogP contribution in [-0.4, -0.2) is 18.7 Å². The Morgan fingerprint density at radius 2 is 1.82 bits per heavy atom. The van der Waals surface area contributed by atoms with Crippen LogP contribution in [0.1, 0.15) is 34.1 Å². The highest BCUT2D eigenvalue weighted by molar-refractivity contribution is 5.89. The van der Waals surface area contributed by atoms with E-state index in [4.69, 9.17) is 10.5 Å². The van der Waals surface area contributed by atoms with Crippen LogP contribution in [0.25, 0.3) is 0 Å². The summed E-state index contributed by atoms with van der Waals surface area (Å²) < 4.78 is 4.87. The second-order valence-corrected chi connectivity index (χ2v) is 4.15. The molecule has 0 aromatic heterocycles. The number of primary amides is 1. The van der Waals surface area contributed by atoms with Crippen molar-refractivity contribution in [3.63, 3.8) is 0 Å². The van der Waals surface area contributed by atoms with Gasteiger partial charge in [-0.2, -0.15) is 0 Å². The molecular weight excluding hydrogens is 220 g/mol. The van der Waals surface area contributed by atoms with Gasteiger partial charge in [0.2, 0.25) is 0 Å². The average Bonchev–Trinajstić information content (AvgIpc) is 2.15. The molecule has 96 valence electrons. The molecule has 3 amide bonds. The van der Waals surface area contributed by atoms with Gasteiger partial charge in [-0.25, -0.2) is 14.9 Å². The normalized spacial score (nSPS) is 9.18. The van der Waals surface area contributed by atoms with Crippen LogP contribution in [0.2, 0.25) is 0 Å². The van der Waals surface area contributed by atoms with Crippen LogP contribution in [0.15, 0.2) is 22.8 Å². The van der Waals surface area contributed by atoms with E-state index in [0.717, 1.165) is 17.6 Å². The van der Waals surface area contributed by atoms with Crippen LogP contribution in [0.5, 0.6) is 0 Å². The summed E-state index contributed by atoms with van der Waals surface area (Å²) >= 11 is 0. The molecule has 0 aliphatic rings. The summed E-state index contributed by atoms with van der Waals surface area (Å²) in [4.78, 5) is 21.4.